The first kappa shape index (κ1) is 23.2. The number of sulfonamides is 1. The fourth-order valence-electron chi connectivity index (χ4n) is 3.25. The van der Waals surface area contributed by atoms with Crippen molar-refractivity contribution in [1.29, 1.82) is 0 Å². The van der Waals surface area contributed by atoms with Crippen molar-refractivity contribution in [3.63, 3.8) is 0 Å². The van der Waals surface area contributed by atoms with Crippen LogP contribution in [0.15, 0.2) is 101 Å². The number of hydrogen-bond donors (Lipinski definition) is 2. The molecule has 0 aliphatic heterocycles. The smallest absolute Gasteiger partial charge is 0.261 e. The maximum atomic E-state index is 12.9. The Balaban J connectivity index is 1.43. The van der Waals surface area contributed by atoms with Gasteiger partial charge in [-0.3, -0.25) is 9.52 Å². The van der Waals surface area contributed by atoms with E-state index in [1.54, 1.807) is 30.3 Å². The van der Waals surface area contributed by atoms with Crippen LogP contribution in [0.25, 0.3) is 10.8 Å². The van der Waals surface area contributed by atoms with Gasteiger partial charge in [-0.05, 0) is 66.9 Å². The molecule has 4 rings (SSSR count). The Bertz CT molecular complexity index is 1380. The summed E-state index contributed by atoms with van der Waals surface area (Å²) < 4.78 is 28.5. The number of nitrogens with one attached hydrogen (secondary N) is 2. The molecule has 0 spiro atoms. The van der Waals surface area contributed by atoms with Crippen LogP contribution in [0.3, 0.4) is 0 Å². The zero-order valence-corrected chi connectivity index (χ0v) is 20.0. The van der Waals surface area contributed by atoms with Crippen molar-refractivity contribution < 1.29 is 13.2 Å². The monoisotopic (exact) mass is 496 g/mol. The van der Waals surface area contributed by atoms with Crippen molar-refractivity contribution in [3.05, 3.63) is 96.0 Å². The summed E-state index contributed by atoms with van der Waals surface area (Å²) in [5, 5.41) is 4.89. The molecule has 0 fully saturated rings. The first-order valence-corrected chi connectivity index (χ1v) is 12.9. The van der Waals surface area contributed by atoms with Gasteiger partial charge in [0, 0.05) is 21.0 Å². The van der Waals surface area contributed by atoms with Gasteiger partial charge < -0.3 is 5.32 Å². The molecule has 8 heteroatoms. The van der Waals surface area contributed by atoms with E-state index in [9.17, 15) is 13.2 Å². The molecule has 4 aromatic rings. The molecule has 0 bridgehead atoms. The van der Waals surface area contributed by atoms with Gasteiger partial charge in [-0.1, -0.05) is 48.0 Å². The van der Waals surface area contributed by atoms with E-state index in [1.807, 2.05) is 55.5 Å². The minimum absolute atomic E-state index is 0.108. The molecule has 168 valence electrons. The van der Waals surface area contributed by atoms with Crippen LogP contribution in [0.5, 0.6) is 0 Å². The van der Waals surface area contributed by atoms with E-state index in [1.165, 1.54) is 23.9 Å². The van der Waals surface area contributed by atoms with Gasteiger partial charge >= 0.3 is 0 Å². The van der Waals surface area contributed by atoms with Crippen LogP contribution in [-0.2, 0) is 14.8 Å². The number of thioether (sulfide) groups is 1. The summed E-state index contributed by atoms with van der Waals surface area (Å²) in [4.78, 5) is 13.6. The average molecular weight is 497 g/mol. The second-order valence-electron chi connectivity index (χ2n) is 7.36. The van der Waals surface area contributed by atoms with Crippen LogP contribution >= 0.6 is 23.4 Å². The third-order valence-electron chi connectivity index (χ3n) is 4.96. The number of anilines is 2. The lowest BCUT2D eigenvalue weighted by Gasteiger charge is -2.13. The van der Waals surface area contributed by atoms with Gasteiger partial charge in [-0.25, -0.2) is 8.42 Å². The third-order valence-corrected chi connectivity index (χ3v) is 7.71. The molecule has 4 aromatic carbocycles. The molecule has 0 aromatic heterocycles. The zero-order chi connectivity index (χ0) is 23.4. The number of carbonyl (C=O) groups excluding carboxylic acids is 1. The molecule has 0 radical (unpaired) electrons. The molecule has 0 aliphatic carbocycles. The van der Waals surface area contributed by atoms with Gasteiger partial charge in [0.2, 0.25) is 5.91 Å². The number of rotatable bonds is 7. The Morgan fingerprint density at radius 2 is 1.55 bits per heavy atom. The van der Waals surface area contributed by atoms with Gasteiger partial charge in [0.25, 0.3) is 10.0 Å². The van der Waals surface area contributed by atoms with Gasteiger partial charge in [0.15, 0.2) is 0 Å². The van der Waals surface area contributed by atoms with E-state index < -0.39 is 10.0 Å². The topological polar surface area (TPSA) is 75.3 Å². The highest BCUT2D eigenvalue weighted by atomic mass is 35.5. The number of benzene rings is 4. The van der Waals surface area contributed by atoms with Gasteiger partial charge in [-0.2, -0.15) is 0 Å². The molecule has 1 atom stereocenters. The molecule has 0 aliphatic rings. The molecule has 0 saturated heterocycles. The summed E-state index contributed by atoms with van der Waals surface area (Å²) in [6, 6.07) is 26.4. The predicted molar refractivity (Wildman–Crippen MR) is 137 cm³/mol. The number of amides is 1. The van der Waals surface area contributed by atoms with E-state index in [-0.39, 0.29) is 16.1 Å². The standard InChI is InChI=1S/C25H21ClN2O3S2/c1-17(32-21-13-9-19(26)10-14-21)25(29)27-20-11-15-22(16-12-20)33(30,31)28-24-8-4-6-18-5-2-3-7-23(18)24/h2-17,28H,1H3,(H,27,29)/t17-/m1/s1. The van der Waals surface area contributed by atoms with Crippen LogP contribution in [0.4, 0.5) is 11.4 Å². The van der Waals surface area contributed by atoms with Crippen LogP contribution in [0.1, 0.15) is 6.92 Å². The first-order valence-electron chi connectivity index (χ1n) is 10.2. The molecule has 0 saturated carbocycles. The highest BCUT2D eigenvalue weighted by Gasteiger charge is 2.17. The highest BCUT2D eigenvalue weighted by Crippen LogP contribution is 2.27. The van der Waals surface area contributed by atoms with Crippen LogP contribution in [0.2, 0.25) is 5.02 Å². The van der Waals surface area contributed by atoms with Crippen LogP contribution in [0, 0.1) is 0 Å². The average Bonchev–Trinajstić information content (AvgIpc) is 2.81. The Hall–Kier alpha value is -3.00. The van der Waals surface area contributed by atoms with Crippen LogP contribution < -0.4 is 10.0 Å². The maximum Gasteiger partial charge on any atom is 0.261 e. The van der Waals surface area contributed by atoms with E-state index >= 15 is 0 Å². The van der Waals surface area contributed by atoms with Gasteiger partial charge in [0.05, 0.1) is 15.8 Å². The van der Waals surface area contributed by atoms with Gasteiger partial charge in [-0.15, -0.1) is 11.8 Å². The number of halogens is 1. The lowest BCUT2D eigenvalue weighted by Crippen LogP contribution is -2.22. The molecule has 0 unspecified atom stereocenters. The van der Waals surface area contributed by atoms with Crippen LogP contribution in [-0.4, -0.2) is 19.6 Å². The minimum atomic E-state index is -3.79. The molecule has 5 nitrogen and oxygen atoms in total. The number of hydrogen-bond acceptors (Lipinski definition) is 4. The predicted octanol–water partition coefficient (Wildman–Crippen LogP) is 6.41. The Labute approximate surface area is 202 Å². The summed E-state index contributed by atoms with van der Waals surface area (Å²) in [6.07, 6.45) is 0. The van der Waals surface area contributed by atoms with Crippen molar-refractivity contribution in [2.75, 3.05) is 10.0 Å². The lowest BCUT2D eigenvalue weighted by molar-refractivity contribution is -0.115. The molecular formula is C25H21ClN2O3S2. The van der Waals surface area contributed by atoms with Crippen molar-refractivity contribution in [2.24, 2.45) is 0 Å². The number of carbonyl (C=O) groups is 1. The third kappa shape index (κ3) is 5.68. The molecule has 0 heterocycles. The largest absolute Gasteiger partial charge is 0.325 e. The van der Waals surface area contributed by atoms with Crippen molar-refractivity contribution in [3.8, 4) is 0 Å². The van der Waals surface area contributed by atoms with E-state index in [4.69, 9.17) is 11.6 Å². The van der Waals surface area contributed by atoms with E-state index in [0.29, 0.717) is 16.4 Å². The second-order valence-corrected chi connectivity index (χ2v) is 10.9. The molecular weight excluding hydrogens is 476 g/mol. The summed E-state index contributed by atoms with van der Waals surface area (Å²) in [6.45, 7) is 1.81. The minimum Gasteiger partial charge on any atom is -0.325 e. The van der Waals surface area contributed by atoms with E-state index in [2.05, 4.69) is 10.0 Å². The first-order chi connectivity index (χ1) is 15.8. The fraction of sp³-hybridized carbons (Fsp3) is 0.0800. The van der Waals surface area contributed by atoms with Crippen molar-refractivity contribution >= 4 is 61.4 Å². The highest BCUT2D eigenvalue weighted by molar-refractivity contribution is 8.00. The normalized spacial score (nSPS) is 12.3. The molecule has 2 N–H and O–H groups in total. The summed E-state index contributed by atoms with van der Waals surface area (Å²) in [5.41, 5.74) is 1.03. The Morgan fingerprint density at radius 3 is 2.27 bits per heavy atom. The number of fused-ring (bicyclic) bond motifs is 1. The van der Waals surface area contributed by atoms with Gasteiger partial charge in [0.1, 0.15) is 0 Å². The molecule has 1 amide bonds. The van der Waals surface area contributed by atoms with Crippen molar-refractivity contribution in [1.82, 2.24) is 0 Å². The quantitative estimate of drug-likeness (QED) is 0.290. The summed E-state index contributed by atoms with van der Waals surface area (Å²) in [7, 11) is -3.79. The Kier molecular flexibility index (Phi) is 6.93. The van der Waals surface area contributed by atoms with E-state index in [0.717, 1.165) is 15.7 Å². The zero-order valence-electron chi connectivity index (χ0n) is 17.7. The molecule has 33 heavy (non-hydrogen) atoms. The maximum absolute atomic E-state index is 12.9. The summed E-state index contributed by atoms with van der Waals surface area (Å²) >= 11 is 7.31. The van der Waals surface area contributed by atoms with Crippen molar-refractivity contribution in [2.45, 2.75) is 22.0 Å². The lowest BCUT2D eigenvalue weighted by atomic mass is 10.1. The second kappa shape index (κ2) is 9.87. The Morgan fingerprint density at radius 1 is 0.879 bits per heavy atom. The SMILES string of the molecule is C[C@@H](Sc1ccc(Cl)cc1)C(=O)Nc1ccc(S(=O)(=O)Nc2cccc3ccccc23)cc1. The fourth-order valence-corrected chi connectivity index (χ4v) is 5.32. The summed E-state index contributed by atoms with van der Waals surface area (Å²) in [5.74, 6) is -0.181.